The lowest BCUT2D eigenvalue weighted by Crippen LogP contribution is -2.34. The van der Waals surface area contributed by atoms with Crippen LogP contribution in [0.25, 0.3) is 0 Å². The van der Waals surface area contributed by atoms with Gasteiger partial charge in [0.2, 0.25) is 0 Å². The van der Waals surface area contributed by atoms with Crippen LogP contribution in [0.2, 0.25) is 0 Å². The highest BCUT2D eigenvalue weighted by Gasteiger charge is 2.13. The van der Waals surface area contributed by atoms with Crippen LogP contribution in [0, 0.1) is 11.3 Å². The van der Waals surface area contributed by atoms with E-state index in [4.69, 9.17) is 5.26 Å². The SMILES string of the molecule is CC(C)NC(C#N)CCSc1n[nH]c(=O)n1C(C)C. The summed E-state index contributed by atoms with van der Waals surface area (Å²) in [4.78, 5) is 11.5. The molecule has 1 rings (SSSR count). The molecule has 0 saturated heterocycles. The number of thioether (sulfide) groups is 1. The Morgan fingerprint density at radius 3 is 2.68 bits per heavy atom. The highest BCUT2D eigenvalue weighted by Crippen LogP contribution is 2.18. The summed E-state index contributed by atoms with van der Waals surface area (Å²) in [6.45, 7) is 7.92. The summed E-state index contributed by atoms with van der Waals surface area (Å²) >= 11 is 1.50. The number of aromatic nitrogens is 3. The maximum absolute atomic E-state index is 11.5. The topological polar surface area (TPSA) is 86.5 Å². The van der Waals surface area contributed by atoms with Gasteiger partial charge >= 0.3 is 5.69 Å². The third kappa shape index (κ3) is 4.73. The van der Waals surface area contributed by atoms with Crippen molar-refractivity contribution in [3.8, 4) is 6.07 Å². The predicted molar refractivity (Wildman–Crippen MR) is 76.2 cm³/mol. The number of H-pyrrole nitrogens is 1. The van der Waals surface area contributed by atoms with E-state index in [1.807, 2.05) is 27.7 Å². The summed E-state index contributed by atoms with van der Waals surface area (Å²) in [5.74, 6) is 0.745. The summed E-state index contributed by atoms with van der Waals surface area (Å²) in [6, 6.07) is 2.44. The second-order valence-corrected chi connectivity index (χ2v) is 5.98. The van der Waals surface area contributed by atoms with Gasteiger partial charge in [-0.05, 0) is 34.1 Å². The Bertz CT molecular complexity index is 485. The third-order valence-corrected chi connectivity index (χ3v) is 3.50. The van der Waals surface area contributed by atoms with Crippen LogP contribution in [0.3, 0.4) is 0 Å². The van der Waals surface area contributed by atoms with Crippen LogP contribution < -0.4 is 11.0 Å². The third-order valence-electron chi connectivity index (χ3n) is 2.52. The average Bonchev–Trinajstić information content (AvgIpc) is 2.68. The van der Waals surface area contributed by atoms with Gasteiger partial charge in [0.15, 0.2) is 5.16 Å². The molecule has 0 amide bonds. The quantitative estimate of drug-likeness (QED) is 0.741. The van der Waals surface area contributed by atoms with Crippen LogP contribution in [0.15, 0.2) is 9.95 Å². The largest absolute Gasteiger partial charge is 0.344 e. The molecule has 0 radical (unpaired) electrons. The van der Waals surface area contributed by atoms with E-state index < -0.39 is 0 Å². The molecule has 1 aromatic heterocycles. The Balaban J connectivity index is 2.54. The van der Waals surface area contributed by atoms with Gasteiger partial charge in [-0.1, -0.05) is 11.8 Å². The number of hydrogen-bond donors (Lipinski definition) is 2. The van der Waals surface area contributed by atoms with Crippen molar-refractivity contribution in [3.05, 3.63) is 10.5 Å². The van der Waals surface area contributed by atoms with Crippen molar-refractivity contribution in [2.24, 2.45) is 0 Å². The van der Waals surface area contributed by atoms with Gasteiger partial charge in [0.1, 0.15) is 0 Å². The molecule has 1 atom stereocenters. The highest BCUT2D eigenvalue weighted by molar-refractivity contribution is 7.99. The number of rotatable bonds is 7. The van der Waals surface area contributed by atoms with E-state index in [1.54, 1.807) is 4.57 Å². The van der Waals surface area contributed by atoms with E-state index >= 15 is 0 Å². The van der Waals surface area contributed by atoms with Gasteiger partial charge in [0.25, 0.3) is 0 Å². The van der Waals surface area contributed by atoms with Crippen molar-refractivity contribution in [3.63, 3.8) is 0 Å². The van der Waals surface area contributed by atoms with E-state index in [2.05, 4.69) is 21.6 Å². The second-order valence-electron chi connectivity index (χ2n) is 4.92. The van der Waals surface area contributed by atoms with E-state index in [0.717, 1.165) is 12.2 Å². The first kappa shape index (κ1) is 15.8. The summed E-state index contributed by atoms with van der Waals surface area (Å²) in [5.41, 5.74) is -0.186. The number of nitriles is 1. The Hall–Kier alpha value is -1.26. The van der Waals surface area contributed by atoms with Crippen LogP contribution in [0.1, 0.15) is 40.2 Å². The van der Waals surface area contributed by atoms with Crippen molar-refractivity contribution < 1.29 is 0 Å². The number of nitrogens with zero attached hydrogens (tertiary/aromatic N) is 3. The molecule has 0 spiro atoms. The molecule has 1 heterocycles. The van der Waals surface area contributed by atoms with Crippen LogP contribution in [0.5, 0.6) is 0 Å². The van der Waals surface area contributed by atoms with Gasteiger partial charge in [-0.15, -0.1) is 5.10 Å². The zero-order valence-electron chi connectivity index (χ0n) is 11.8. The van der Waals surface area contributed by atoms with E-state index in [9.17, 15) is 4.79 Å². The molecule has 2 N–H and O–H groups in total. The lowest BCUT2D eigenvalue weighted by molar-refractivity contribution is 0.520. The van der Waals surface area contributed by atoms with Gasteiger partial charge in [-0.3, -0.25) is 9.88 Å². The molecule has 106 valence electrons. The highest BCUT2D eigenvalue weighted by atomic mass is 32.2. The van der Waals surface area contributed by atoms with E-state index in [0.29, 0.717) is 5.16 Å². The molecular weight excluding hydrogens is 262 g/mol. The predicted octanol–water partition coefficient (Wildman–Crippen LogP) is 1.52. The van der Waals surface area contributed by atoms with Gasteiger partial charge in [-0.2, -0.15) is 5.26 Å². The summed E-state index contributed by atoms with van der Waals surface area (Å²) < 4.78 is 1.63. The Morgan fingerprint density at radius 1 is 1.47 bits per heavy atom. The lowest BCUT2D eigenvalue weighted by atomic mass is 10.2. The molecule has 0 saturated carbocycles. The molecule has 0 aliphatic heterocycles. The maximum atomic E-state index is 11.5. The molecule has 0 aromatic carbocycles. The molecule has 0 fully saturated rings. The van der Waals surface area contributed by atoms with E-state index in [1.165, 1.54) is 11.8 Å². The minimum Gasteiger partial charge on any atom is -0.300 e. The first-order chi connectivity index (χ1) is 8.95. The molecule has 0 aliphatic carbocycles. The number of aromatic amines is 1. The normalized spacial score (nSPS) is 12.9. The smallest absolute Gasteiger partial charge is 0.300 e. The molecule has 19 heavy (non-hydrogen) atoms. The molecular formula is C12H21N5OS. The van der Waals surface area contributed by atoms with Crippen LogP contribution in [0.4, 0.5) is 0 Å². The molecule has 1 aromatic rings. The van der Waals surface area contributed by atoms with Crippen molar-refractivity contribution in [2.75, 3.05) is 5.75 Å². The standard InChI is InChI=1S/C12H21N5OS/c1-8(2)14-10(7-13)5-6-19-12-16-15-11(18)17(12)9(3)4/h8-10,14H,5-6H2,1-4H3,(H,15,18). The zero-order chi connectivity index (χ0) is 14.4. The Labute approximate surface area is 117 Å². The monoisotopic (exact) mass is 283 g/mol. The summed E-state index contributed by atoms with van der Waals surface area (Å²) in [7, 11) is 0. The first-order valence-corrected chi connectivity index (χ1v) is 7.39. The molecule has 6 nitrogen and oxygen atoms in total. The number of nitrogens with one attached hydrogen (secondary N) is 2. The zero-order valence-corrected chi connectivity index (χ0v) is 12.6. The Morgan fingerprint density at radius 2 is 2.16 bits per heavy atom. The molecule has 7 heteroatoms. The fraction of sp³-hybridized carbons (Fsp3) is 0.750. The van der Waals surface area contributed by atoms with Gasteiger partial charge in [-0.25, -0.2) is 9.89 Å². The number of hydrogen-bond acceptors (Lipinski definition) is 5. The minimum absolute atomic E-state index is 0.0781. The van der Waals surface area contributed by atoms with Crippen molar-refractivity contribution >= 4 is 11.8 Å². The summed E-state index contributed by atoms with van der Waals surface area (Å²) in [6.07, 6.45) is 0.721. The average molecular weight is 283 g/mol. The maximum Gasteiger partial charge on any atom is 0.344 e. The van der Waals surface area contributed by atoms with Gasteiger partial charge in [0, 0.05) is 17.8 Å². The summed E-state index contributed by atoms with van der Waals surface area (Å²) in [5, 5.41) is 19.4. The Kier molecular flexibility index (Phi) is 6.12. The fourth-order valence-electron chi connectivity index (χ4n) is 1.70. The lowest BCUT2D eigenvalue weighted by Gasteiger charge is -2.14. The second kappa shape index (κ2) is 7.36. The molecule has 1 unspecified atom stereocenters. The van der Waals surface area contributed by atoms with Crippen LogP contribution in [-0.4, -0.2) is 32.6 Å². The first-order valence-electron chi connectivity index (χ1n) is 6.41. The minimum atomic E-state index is -0.186. The van der Waals surface area contributed by atoms with Crippen molar-refractivity contribution in [2.45, 2.75) is 57.4 Å². The van der Waals surface area contributed by atoms with Crippen LogP contribution >= 0.6 is 11.8 Å². The van der Waals surface area contributed by atoms with E-state index in [-0.39, 0.29) is 23.8 Å². The fourth-order valence-corrected chi connectivity index (χ4v) is 2.78. The van der Waals surface area contributed by atoms with Crippen LogP contribution in [-0.2, 0) is 0 Å². The molecule has 0 bridgehead atoms. The van der Waals surface area contributed by atoms with Gasteiger partial charge in [0.05, 0.1) is 12.1 Å². The van der Waals surface area contributed by atoms with Crippen molar-refractivity contribution in [1.82, 2.24) is 20.1 Å². The molecule has 0 aliphatic rings. The van der Waals surface area contributed by atoms with Crippen molar-refractivity contribution in [1.29, 1.82) is 5.26 Å². The van der Waals surface area contributed by atoms with Gasteiger partial charge < -0.3 is 0 Å².